The van der Waals surface area contributed by atoms with Crippen LogP contribution in [-0.2, 0) is 20.7 Å². The number of carboxylic acid groups (broad SMARTS) is 1. The number of aliphatic carboxylic acids is 1. The molecule has 3 heterocycles. The lowest BCUT2D eigenvalue weighted by atomic mass is 9.75. The van der Waals surface area contributed by atoms with Crippen LogP contribution in [0, 0.1) is 11.8 Å². The number of fused-ring (bicyclic) bond motifs is 5. The highest BCUT2D eigenvalue weighted by Crippen LogP contribution is 2.56. The van der Waals surface area contributed by atoms with Crippen molar-refractivity contribution in [2.24, 2.45) is 11.8 Å². The third-order valence-electron chi connectivity index (χ3n) is 6.40. The molecule has 0 saturated carbocycles. The number of rotatable bonds is 11. The number of unbranched alkanes of at least 4 members (excludes halogenated alkanes) is 1. The molecular formula is C23H30O5. The molecule has 3 aliphatic rings. The standard InChI is InChI=1S/C23H30O5/c24-16(14-15-8-4-3-5-9-15)12-13-18-17(10-6-1-2-7-11-19(25)26)20-22-23(28-22)21(18)27-20/h1,3-6,8-9,16-18,20-24H,2,7,10-14H2,(H,25,26)/b6-1-/t16?,17-,18+,20+,21-,22-,23+/m0/s1. The van der Waals surface area contributed by atoms with Crippen molar-refractivity contribution in [3.63, 3.8) is 0 Å². The number of hydrogen-bond acceptors (Lipinski definition) is 4. The van der Waals surface area contributed by atoms with Crippen LogP contribution < -0.4 is 0 Å². The average Bonchev–Trinajstić information content (AvgIpc) is 3.30. The fraction of sp³-hybridized carbons (Fsp3) is 0.609. The predicted octanol–water partition coefficient (Wildman–Crippen LogP) is 3.35. The quantitative estimate of drug-likeness (QED) is 0.346. The van der Waals surface area contributed by atoms with Gasteiger partial charge in [0.2, 0.25) is 0 Å². The Morgan fingerprint density at radius 1 is 1.04 bits per heavy atom. The van der Waals surface area contributed by atoms with E-state index in [0.717, 1.165) is 25.7 Å². The molecule has 7 atom stereocenters. The molecule has 3 aliphatic heterocycles. The molecule has 28 heavy (non-hydrogen) atoms. The normalized spacial score (nSPS) is 33.9. The summed E-state index contributed by atoms with van der Waals surface area (Å²) in [4.78, 5) is 10.6. The Morgan fingerprint density at radius 2 is 1.75 bits per heavy atom. The number of allylic oxidation sites excluding steroid dienone is 2. The summed E-state index contributed by atoms with van der Waals surface area (Å²) in [7, 11) is 0. The number of hydrogen-bond donors (Lipinski definition) is 2. The van der Waals surface area contributed by atoms with Crippen LogP contribution in [0.4, 0.5) is 0 Å². The van der Waals surface area contributed by atoms with Crippen molar-refractivity contribution in [2.45, 2.75) is 75.5 Å². The molecule has 3 fully saturated rings. The molecule has 0 aliphatic carbocycles. The van der Waals surface area contributed by atoms with E-state index in [1.807, 2.05) is 18.2 Å². The largest absolute Gasteiger partial charge is 0.481 e. The fourth-order valence-corrected chi connectivity index (χ4v) is 4.98. The van der Waals surface area contributed by atoms with Crippen LogP contribution in [0.1, 0.15) is 44.1 Å². The average molecular weight is 386 g/mol. The summed E-state index contributed by atoms with van der Waals surface area (Å²) in [5, 5.41) is 19.2. The smallest absolute Gasteiger partial charge is 0.303 e. The van der Waals surface area contributed by atoms with Gasteiger partial charge in [0.1, 0.15) is 12.2 Å². The first-order chi connectivity index (χ1) is 13.6. The molecule has 1 aromatic carbocycles. The molecule has 152 valence electrons. The van der Waals surface area contributed by atoms with E-state index in [1.54, 1.807) is 0 Å². The van der Waals surface area contributed by atoms with E-state index < -0.39 is 5.97 Å². The zero-order valence-electron chi connectivity index (χ0n) is 16.2. The molecule has 1 aromatic rings. The Bertz CT molecular complexity index is 687. The number of aliphatic hydroxyl groups is 1. The Balaban J connectivity index is 1.26. The maximum atomic E-state index is 10.6. The SMILES string of the molecule is O=C(O)CCC/C=C\C[C@H]1[C@@H](CCC(O)Cc2ccccc2)[C@@H]2O[C@H]1[C@@H]1O[C@@H]12. The highest BCUT2D eigenvalue weighted by Gasteiger charge is 2.68. The topological polar surface area (TPSA) is 79.3 Å². The molecular weight excluding hydrogens is 356 g/mol. The van der Waals surface area contributed by atoms with Gasteiger partial charge in [-0.3, -0.25) is 4.79 Å². The van der Waals surface area contributed by atoms with Crippen LogP contribution >= 0.6 is 0 Å². The van der Waals surface area contributed by atoms with Gasteiger partial charge in [-0.25, -0.2) is 0 Å². The highest BCUT2D eigenvalue weighted by atomic mass is 16.7. The summed E-state index contributed by atoms with van der Waals surface area (Å²) in [6.07, 6.45) is 9.96. The first kappa shape index (κ1) is 19.6. The summed E-state index contributed by atoms with van der Waals surface area (Å²) < 4.78 is 12.0. The van der Waals surface area contributed by atoms with Gasteiger partial charge in [-0.05, 0) is 55.9 Å². The van der Waals surface area contributed by atoms with Gasteiger partial charge < -0.3 is 19.7 Å². The summed E-state index contributed by atoms with van der Waals surface area (Å²) >= 11 is 0. The number of benzene rings is 1. The maximum Gasteiger partial charge on any atom is 0.303 e. The van der Waals surface area contributed by atoms with Crippen LogP contribution in [0.3, 0.4) is 0 Å². The van der Waals surface area contributed by atoms with E-state index in [9.17, 15) is 9.90 Å². The zero-order valence-corrected chi connectivity index (χ0v) is 16.2. The highest BCUT2D eigenvalue weighted by molar-refractivity contribution is 5.66. The van der Waals surface area contributed by atoms with Crippen molar-refractivity contribution in [3.8, 4) is 0 Å². The minimum atomic E-state index is -0.735. The minimum absolute atomic E-state index is 0.185. The van der Waals surface area contributed by atoms with Gasteiger partial charge in [0.05, 0.1) is 18.3 Å². The third-order valence-corrected chi connectivity index (χ3v) is 6.40. The number of ether oxygens (including phenoxy) is 2. The van der Waals surface area contributed by atoms with E-state index in [1.165, 1.54) is 5.56 Å². The second-order valence-electron chi connectivity index (χ2n) is 8.37. The molecule has 1 unspecified atom stereocenters. The monoisotopic (exact) mass is 386 g/mol. The molecule has 3 saturated heterocycles. The van der Waals surface area contributed by atoms with Crippen LogP contribution in [0.5, 0.6) is 0 Å². The molecule has 0 spiro atoms. The number of aliphatic hydroxyl groups excluding tert-OH is 1. The lowest BCUT2D eigenvalue weighted by molar-refractivity contribution is -0.137. The summed E-state index contributed by atoms with van der Waals surface area (Å²) in [6.45, 7) is 0. The van der Waals surface area contributed by atoms with Crippen LogP contribution in [0.2, 0.25) is 0 Å². The first-order valence-corrected chi connectivity index (χ1v) is 10.5. The predicted molar refractivity (Wildman–Crippen MR) is 105 cm³/mol. The number of carboxylic acids is 1. The minimum Gasteiger partial charge on any atom is -0.481 e. The molecule has 5 heteroatoms. The lowest BCUT2D eigenvalue weighted by Crippen LogP contribution is -2.33. The van der Waals surface area contributed by atoms with Gasteiger partial charge in [-0.1, -0.05) is 42.5 Å². The zero-order chi connectivity index (χ0) is 19.5. The summed E-state index contributed by atoms with van der Waals surface area (Å²) in [6, 6.07) is 10.1. The third kappa shape index (κ3) is 4.48. The van der Waals surface area contributed by atoms with Gasteiger partial charge in [0.15, 0.2) is 0 Å². The molecule has 4 rings (SSSR count). The van der Waals surface area contributed by atoms with E-state index in [0.29, 0.717) is 24.7 Å². The van der Waals surface area contributed by atoms with Gasteiger partial charge >= 0.3 is 5.97 Å². The van der Waals surface area contributed by atoms with Crippen LogP contribution in [-0.4, -0.2) is 46.7 Å². The number of carbonyl (C=O) groups is 1. The van der Waals surface area contributed by atoms with E-state index in [2.05, 4.69) is 24.3 Å². The Kier molecular flexibility index (Phi) is 6.14. The lowest BCUT2D eigenvalue weighted by Gasteiger charge is -2.26. The number of epoxide rings is 1. The van der Waals surface area contributed by atoms with Crippen molar-refractivity contribution in [2.75, 3.05) is 0 Å². The van der Waals surface area contributed by atoms with E-state index in [4.69, 9.17) is 14.6 Å². The van der Waals surface area contributed by atoms with Crippen molar-refractivity contribution in [3.05, 3.63) is 48.0 Å². The van der Waals surface area contributed by atoms with Gasteiger partial charge in [-0.15, -0.1) is 0 Å². The van der Waals surface area contributed by atoms with Crippen molar-refractivity contribution < 1.29 is 24.5 Å². The van der Waals surface area contributed by atoms with Crippen molar-refractivity contribution in [1.82, 2.24) is 0 Å². The van der Waals surface area contributed by atoms with E-state index >= 15 is 0 Å². The molecule has 0 aromatic heterocycles. The molecule has 5 nitrogen and oxygen atoms in total. The molecule has 2 bridgehead atoms. The molecule has 0 amide bonds. The van der Waals surface area contributed by atoms with Crippen molar-refractivity contribution in [1.29, 1.82) is 0 Å². The fourth-order valence-electron chi connectivity index (χ4n) is 4.98. The first-order valence-electron chi connectivity index (χ1n) is 10.5. The van der Waals surface area contributed by atoms with Crippen LogP contribution in [0.15, 0.2) is 42.5 Å². The Hall–Kier alpha value is -1.69. The second kappa shape index (κ2) is 8.76. The second-order valence-corrected chi connectivity index (χ2v) is 8.37. The van der Waals surface area contributed by atoms with Crippen LogP contribution in [0.25, 0.3) is 0 Å². The Labute approximate surface area is 166 Å². The van der Waals surface area contributed by atoms with Crippen molar-refractivity contribution >= 4 is 5.97 Å². The van der Waals surface area contributed by atoms with Gasteiger partial charge in [0.25, 0.3) is 0 Å². The summed E-state index contributed by atoms with van der Waals surface area (Å²) in [5.41, 5.74) is 1.17. The van der Waals surface area contributed by atoms with Gasteiger partial charge in [0, 0.05) is 6.42 Å². The van der Waals surface area contributed by atoms with E-state index in [-0.39, 0.29) is 36.9 Å². The molecule has 0 radical (unpaired) electrons. The maximum absolute atomic E-state index is 10.6. The summed E-state index contributed by atoms with van der Waals surface area (Å²) in [5.74, 6) is 0.136. The Morgan fingerprint density at radius 3 is 2.50 bits per heavy atom. The molecule has 2 N–H and O–H groups in total. The van der Waals surface area contributed by atoms with Gasteiger partial charge in [-0.2, -0.15) is 0 Å².